The van der Waals surface area contributed by atoms with E-state index in [-0.39, 0.29) is 49.6 Å². The van der Waals surface area contributed by atoms with Crippen LogP contribution >= 0.6 is 0 Å². The zero-order chi connectivity index (χ0) is 47.3. The molecule has 7 aromatic rings. The Balaban J connectivity index is 1.34. The lowest BCUT2D eigenvalue weighted by Crippen LogP contribution is -2.06. The summed E-state index contributed by atoms with van der Waals surface area (Å²) in [6, 6.07) is 38.5. The van der Waals surface area contributed by atoms with Gasteiger partial charge in [0.1, 0.15) is 49.4 Å². The third-order valence-corrected chi connectivity index (χ3v) is 11.1. The smallest absolute Gasteiger partial charge is 0.167 e. The molecule has 0 amide bonds. The highest BCUT2D eigenvalue weighted by Gasteiger charge is 2.20. The first-order valence-electron chi connectivity index (χ1n) is 22.0. The van der Waals surface area contributed by atoms with Crippen molar-refractivity contribution in [2.24, 2.45) is 0 Å². The Morgan fingerprint density at radius 2 is 0.544 bits per heavy atom. The molecule has 4 aromatic carbocycles. The largest absolute Gasteiger partial charge is 0.486 e. The summed E-state index contributed by atoms with van der Waals surface area (Å²) in [6.07, 6.45) is 8.00. The van der Waals surface area contributed by atoms with Gasteiger partial charge in [-0.1, -0.05) is 48.5 Å². The van der Waals surface area contributed by atoms with E-state index in [0.717, 1.165) is 66.6 Å². The highest BCUT2D eigenvalue weighted by Crippen LogP contribution is 2.39. The van der Waals surface area contributed by atoms with E-state index in [0.29, 0.717) is 45.8 Å². The number of nitrogens with one attached hydrogen (secondary N) is 2. The Kier molecular flexibility index (Phi) is 12.7. The number of aromatic amines is 2. The Labute approximate surface area is 392 Å². The molecule has 338 valence electrons. The monoisotopic (exact) mass is 902 g/mol. The Bertz CT molecular complexity index is 2890. The lowest BCUT2D eigenvalue weighted by atomic mass is 10.0. The fourth-order valence-electron chi connectivity index (χ4n) is 8.03. The van der Waals surface area contributed by atoms with Crippen molar-refractivity contribution in [3.63, 3.8) is 0 Å². The molecule has 2 aliphatic heterocycles. The van der Waals surface area contributed by atoms with Gasteiger partial charge in [0.05, 0.1) is 22.8 Å². The van der Waals surface area contributed by atoms with E-state index in [1.165, 1.54) is 27.7 Å². The summed E-state index contributed by atoms with van der Waals surface area (Å²) in [5.41, 5.74) is 12.7. The Morgan fingerprint density at radius 3 is 0.735 bits per heavy atom. The quantitative estimate of drug-likeness (QED) is 0.0954. The van der Waals surface area contributed by atoms with Crippen LogP contribution in [-0.2, 0) is 19.2 Å². The fraction of sp³-hybridized carbons (Fsp3) is 0.143. The predicted octanol–water partition coefficient (Wildman–Crippen LogP) is 11.2. The molecule has 68 heavy (non-hydrogen) atoms. The molecule has 0 fully saturated rings. The maximum absolute atomic E-state index is 11.7. The molecule has 0 saturated carbocycles. The molecule has 0 unspecified atom stereocenters. The van der Waals surface area contributed by atoms with Crippen LogP contribution in [0.1, 0.15) is 50.5 Å². The van der Waals surface area contributed by atoms with Crippen molar-refractivity contribution >= 4 is 69.5 Å². The maximum atomic E-state index is 11.7. The molecule has 3 aromatic heterocycles. The summed E-state index contributed by atoms with van der Waals surface area (Å²) in [5.74, 6) is 1.94. The molecule has 5 heterocycles. The second-order valence-electron chi connectivity index (χ2n) is 16.6. The zero-order valence-corrected chi connectivity index (χ0v) is 37.8. The van der Waals surface area contributed by atoms with Gasteiger partial charge in [0.2, 0.25) is 0 Å². The summed E-state index contributed by atoms with van der Waals surface area (Å²) in [4.78, 5) is 65.2. The number of hydrogen-bond acceptors (Lipinski definition) is 10. The average Bonchev–Trinajstić information content (AvgIpc) is 4.19. The van der Waals surface area contributed by atoms with Crippen LogP contribution in [0.4, 0.5) is 0 Å². The topological polar surface area (TPSA) is 163 Å². The highest BCUT2D eigenvalue weighted by molar-refractivity contribution is 6.00. The minimum Gasteiger partial charge on any atom is -0.486 e. The average molecular weight is 903 g/mol. The maximum Gasteiger partial charge on any atom is 0.167 e. The Morgan fingerprint density at radius 1 is 0.338 bits per heavy atom. The zero-order valence-electron chi connectivity index (χ0n) is 37.8. The summed E-state index contributed by atoms with van der Waals surface area (Å²) < 4.78 is 23.0. The number of H-pyrrole nitrogens is 2. The number of Topliss-reactive ketones (excluding diaryl/α,β-unsaturated/α-hetero) is 4. The van der Waals surface area contributed by atoms with Crippen molar-refractivity contribution in [3.05, 3.63) is 144 Å². The van der Waals surface area contributed by atoms with Crippen molar-refractivity contribution in [2.75, 3.05) is 26.4 Å². The number of carbonyl (C=O) groups is 4. The minimum atomic E-state index is -0.0788. The van der Waals surface area contributed by atoms with E-state index >= 15 is 0 Å². The first kappa shape index (κ1) is 44.6. The molecule has 12 heteroatoms. The third kappa shape index (κ3) is 9.94. The predicted molar refractivity (Wildman–Crippen MR) is 265 cm³/mol. The number of carbonyl (C=O) groups excluding carboxylic acids is 4. The lowest BCUT2D eigenvalue weighted by molar-refractivity contribution is -0.119. The van der Waals surface area contributed by atoms with Crippen molar-refractivity contribution in [2.45, 2.75) is 27.7 Å². The number of benzene rings is 4. The van der Waals surface area contributed by atoms with Crippen molar-refractivity contribution < 1.29 is 38.1 Å². The van der Waals surface area contributed by atoms with E-state index in [2.05, 4.69) is 9.97 Å². The molecule has 0 aliphatic carbocycles. The van der Waals surface area contributed by atoms with Gasteiger partial charge in [-0.15, -0.1) is 0 Å². The first-order valence-corrected chi connectivity index (χ1v) is 22.0. The summed E-state index contributed by atoms with van der Waals surface area (Å²) in [5, 5.41) is 0. The van der Waals surface area contributed by atoms with Gasteiger partial charge in [-0.25, -0.2) is 9.97 Å². The van der Waals surface area contributed by atoms with E-state index in [1.807, 2.05) is 146 Å². The number of fused-ring (bicyclic) bond motifs is 8. The second-order valence-corrected chi connectivity index (χ2v) is 16.6. The van der Waals surface area contributed by atoms with Crippen molar-refractivity contribution in [1.29, 1.82) is 0 Å². The van der Waals surface area contributed by atoms with Crippen LogP contribution < -0.4 is 18.9 Å². The summed E-state index contributed by atoms with van der Waals surface area (Å²) >= 11 is 0. The van der Waals surface area contributed by atoms with Gasteiger partial charge in [-0.05, 0) is 147 Å². The van der Waals surface area contributed by atoms with Gasteiger partial charge >= 0.3 is 0 Å². The van der Waals surface area contributed by atoms with E-state index in [9.17, 15) is 19.2 Å². The molecule has 0 spiro atoms. The van der Waals surface area contributed by atoms with Gasteiger partial charge in [-0.3, -0.25) is 19.2 Å². The van der Waals surface area contributed by atoms with Gasteiger partial charge in [-0.2, -0.15) is 0 Å². The van der Waals surface area contributed by atoms with Crippen LogP contribution in [0.25, 0.3) is 90.9 Å². The Hall–Kier alpha value is -8.64. The van der Waals surface area contributed by atoms with E-state index in [4.69, 9.17) is 28.9 Å². The van der Waals surface area contributed by atoms with Crippen LogP contribution in [-0.4, -0.2) is 69.5 Å². The van der Waals surface area contributed by atoms with Gasteiger partial charge < -0.3 is 28.9 Å². The number of ketones is 4. The van der Waals surface area contributed by atoms with Crippen LogP contribution in [0.15, 0.2) is 121 Å². The van der Waals surface area contributed by atoms with E-state index in [1.54, 1.807) is 0 Å². The number of ether oxygens (including phenoxy) is 4. The van der Waals surface area contributed by atoms with Gasteiger partial charge in [0.15, 0.2) is 23.1 Å². The number of nitrogens with zero attached hydrogens (tertiary/aromatic N) is 2. The standard InChI is InChI=1S/C56H46N4O8/c1-33(61)29-65-41-13-5-37(6-14-41)53-45-21-23-47(57-45)54(38-7-15-42(16-8-38)66-30-34(2)62)49-25-27-51(59-49)56(40-11-19-44(20-12-40)68-32-36(4)64)52-28-26-50(60-52)55(48-24-22-46(53)58-48)39-9-17-43(18-10-39)67-31-35(3)63/h5-28,57,60H,29-32H2,1-4H3. The van der Waals surface area contributed by atoms with Gasteiger partial charge in [0, 0.05) is 44.3 Å². The van der Waals surface area contributed by atoms with Crippen LogP contribution in [0.2, 0.25) is 0 Å². The lowest BCUT2D eigenvalue weighted by Gasteiger charge is -2.09. The number of hydrogen-bond donors (Lipinski definition) is 2. The fourth-order valence-corrected chi connectivity index (χ4v) is 8.03. The second kappa shape index (κ2) is 19.4. The molecular weight excluding hydrogens is 857 g/mol. The molecule has 2 N–H and O–H groups in total. The van der Waals surface area contributed by atoms with Gasteiger partial charge in [0.25, 0.3) is 0 Å². The minimum absolute atomic E-state index is 0.0325. The molecule has 2 aliphatic rings. The van der Waals surface area contributed by atoms with Crippen LogP contribution in [0, 0.1) is 0 Å². The normalized spacial score (nSPS) is 11.6. The van der Waals surface area contributed by atoms with Crippen LogP contribution in [0.5, 0.6) is 23.0 Å². The molecule has 0 atom stereocenters. The third-order valence-electron chi connectivity index (χ3n) is 11.1. The molecule has 8 bridgehead atoms. The van der Waals surface area contributed by atoms with Crippen LogP contribution in [0.3, 0.4) is 0 Å². The first-order chi connectivity index (χ1) is 32.9. The SMILES string of the molecule is CC(=O)COc1ccc(-c2c3nc(c(-c4ccc(OCC(C)=O)cc4)c4ccc([nH]4)c(-c4ccc(OCC(C)=O)cc4)c4nc(c(-c5ccc(OCC(C)=O)cc5)c5ccc2[nH]5)C=C4)C=C3)cc1. The van der Waals surface area contributed by atoms with E-state index < -0.39 is 0 Å². The molecule has 0 radical (unpaired) electrons. The summed E-state index contributed by atoms with van der Waals surface area (Å²) in [7, 11) is 0. The summed E-state index contributed by atoms with van der Waals surface area (Å²) in [6.45, 7) is 5.81. The highest BCUT2D eigenvalue weighted by atomic mass is 16.5. The molecule has 12 nitrogen and oxygen atoms in total. The molecule has 0 saturated heterocycles. The number of rotatable bonds is 16. The van der Waals surface area contributed by atoms with Crippen molar-refractivity contribution in [1.82, 2.24) is 19.9 Å². The molecular formula is C56H46N4O8. The number of aromatic nitrogens is 4. The van der Waals surface area contributed by atoms with Crippen molar-refractivity contribution in [3.8, 4) is 67.5 Å². The molecule has 9 rings (SSSR count).